The Kier molecular flexibility index (Phi) is 5.82. The number of benzene rings is 1. The van der Waals surface area contributed by atoms with Crippen LogP contribution in [-0.4, -0.2) is 35.0 Å². The molecule has 0 radical (unpaired) electrons. The Balaban J connectivity index is 2.48. The fourth-order valence-corrected chi connectivity index (χ4v) is 1.88. The van der Waals surface area contributed by atoms with Crippen LogP contribution >= 0.6 is 0 Å². The third-order valence-electron chi connectivity index (χ3n) is 2.98. The van der Waals surface area contributed by atoms with E-state index in [2.05, 4.69) is 0 Å². The minimum absolute atomic E-state index is 0.100. The molecular formula is C14H20O4. The monoisotopic (exact) mass is 252 g/mol. The van der Waals surface area contributed by atoms with Crippen molar-refractivity contribution < 1.29 is 19.7 Å². The molecule has 0 heterocycles. The van der Waals surface area contributed by atoms with Gasteiger partial charge in [-0.15, -0.1) is 0 Å². The summed E-state index contributed by atoms with van der Waals surface area (Å²) >= 11 is 0. The van der Waals surface area contributed by atoms with Gasteiger partial charge in [-0.1, -0.05) is 25.1 Å². The maximum atomic E-state index is 11.6. The van der Waals surface area contributed by atoms with Crippen molar-refractivity contribution in [2.75, 3.05) is 6.61 Å². The van der Waals surface area contributed by atoms with Crippen LogP contribution in [0.15, 0.2) is 30.3 Å². The van der Waals surface area contributed by atoms with Crippen LogP contribution in [0.5, 0.6) is 0 Å². The largest absolute Gasteiger partial charge is 0.459 e. The molecule has 1 aromatic rings. The van der Waals surface area contributed by atoms with Gasteiger partial charge in [0.25, 0.3) is 0 Å². The fourth-order valence-electron chi connectivity index (χ4n) is 1.88. The first-order valence-electron chi connectivity index (χ1n) is 6.14. The van der Waals surface area contributed by atoms with Crippen LogP contribution in [-0.2, 0) is 4.74 Å². The number of ether oxygens (including phenoxy) is 1. The molecule has 4 heteroatoms. The molecule has 0 aliphatic carbocycles. The van der Waals surface area contributed by atoms with Crippen molar-refractivity contribution in [1.82, 2.24) is 0 Å². The van der Waals surface area contributed by atoms with Crippen molar-refractivity contribution in [1.29, 1.82) is 0 Å². The van der Waals surface area contributed by atoms with E-state index < -0.39 is 18.2 Å². The first kappa shape index (κ1) is 14.7. The maximum absolute atomic E-state index is 11.6. The van der Waals surface area contributed by atoms with E-state index >= 15 is 0 Å². The van der Waals surface area contributed by atoms with E-state index in [-0.39, 0.29) is 12.5 Å². The first-order chi connectivity index (χ1) is 8.56. The van der Waals surface area contributed by atoms with Gasteiger partial charge in [0.1, 0.15) is 6.61 Å². The lowest BCUT2D eigenvalue weighted by Crippen LogP contribution is -2.33. The molecule has 2 N–H and O–H groups in total. The Labute approximate surface area is 107 Å². The van der Waals surface area contributed by atoms with E-state index in [1.54, 1.807) is 31.2 Å². The maximum Gasteiger partial charge on any atom is 0.338 e. The number of carbonyl (C=O) groups excluding carboxylic acids is 1. The Morgan fingerprint density at radius 1 is 1.28 bits per heavy atom. The quantitative estimate of drug-likeness (QED) is 0.755. The van der Waals surface area contributed by atoms with Crippen LogP contribution in [0.1, 0.15) is 30.6 Å². The van der Waals surface area contributed by atoms with Gasteiger partial charge in [-0.3, -0.25) is 0 Å². The van der Waals surface area contributed by atoms with Gasteiger partial charge in [-0.05, 0) is 25.5 Å². The predicted molar refractivity (Wildman–Crippen MR) is 68.2 cm³/mol. The Bertz CT molecular complexity index is 361. The summed E-state index contributed by atoms with van der Waals surface area (Å²) in [5.74, 6) is -0.747. The Morgan fingerprint density at radius 2 is 1.89 bits per heavy atom. The molecule has 0 fully saturated rings. The molecule has 1 aromatic carbocycles. The summed E-state index contributed by atoms with van der Waals surface area (Å²) in [6.45, 7) is 3.40. The molecule has 100 valence electrons. The normalized spacial score (nSPS) is 15.8. The Morgan fingerprint density at radius 3 is 2.39 bits per heavy atom. The number of rotatable bonds is 6. The average Bonchev–Trinajstić information content (AvgIpc) is 2.37. The highest BCUT2D eigenvalue weighted by Gasteiger charge is 2.23. The van der Waals surface area contributed by atoms with Crippen molar-refractivity contribution in [2.45, 2.75) is 32.5 Å². The summed E-state index contributed by atoms with van der Waals surface area (Å²) in [6.07, 6.45) is -0.843. The van der Waals surface area contributed by atoms with Gasteiger partial charge >= 0.3 is 5.97 Å². The zero-order valence-corrected chi connectivity index (χ0v) is 10.7. The number of aliphatic hydroxyl groups is 2. The molecule has 0 aliphatic heterocycles. The number of hydrogen-bond acceptors (Lipinski definition) is 4. The standard InChI is InChI=1S/C14H20O4/c1-3-12(10(2)15)13(16)9-18-14(17)11-7-5-4-6-8-11/h4-8,10,12-13,15-16H,3,9H2,1-2H3. The van der Waals surface area contributed by atoms with Crippen molar-refractivity contribution in [3.8, 4) is 0 Å². The molecule has 1 rings (SSSR count). The number of esters is 1. The van der Waals surface area contributed by atoms with E-state index in [1.807, 2.05) is 13.0 Å². The van der Waals surface area contributed by atoms with E-state index in [1.165, 1.54) is 0 Å². The van der Waals surface area contributed by atoms with E-state index in [0.717, 1.165) is 0 Å². The van der Waals surface area contributed by atoms with E-state index in [4.69, 9.17) is 4.74 Å². The van der Waals surface area contributed by atoms with Gasteiger partial charge in [0.15, 0.2) is 0 Å². The molecule has 0 aliphatic rings. The van der Waals surface area contributed by atoms with Crippen LogP contribution in [0, 0.1) is 5.92 Å². The minimum atomic E-state index is -0.845. The van der Waals surface area contributed by atoms with E-state index in [9.17, 15) is 15.0 Å². The van der Waals surface area contributed by atoms with E-state index in [0.29, 0.717) is 12.0 Å². The average molecular weight is 252 g/mol. The highest BCUT2D eigenvalue weighted by atomic mass is 16.5. The molecule has 0 aromatic heterocycles. The molecule has 0 bridgehead atoms. The lowest BCUT2D eigenvalue weighted by molar-refractivity contribution is -0.0244. The lowest BCUT2D eigenvalue weighted by Gasteiger charge is -2.23. The Hall–Kier alpha value is -1.39. The number of carbonyl (C=O) groups is 1. The molecule has 4 nitrogen and oxygen atoms in total. The van der Waals surface area contributed by atoms with Gasteiger partial charge in [-0.2, -0.15) is 0 Å². The highest BCUT2D eigenvalue weighted by Crippen LogP contribution is 2.14. The topological polar surface area (TPSA) is 66.8 Å². The molecule has 3 unspecified atom stereocenters. The fraction of sp³-hybridized carbons (Fsp3) is 0.500. The zero-order valence-electron chi connectivity index (χ0n) is 10.7. The summed E-state index contributed by atoms with van der Waals surface area (Å²) in [6, 6.07) is 8.61. The van der Waals surface area contributed by atoms with Crippen molar-refractivity contribution >= 4 is 5.97 Å². The van der Waals surface area contributed by atoms with Crippen LogP contribution in [0.25, 0.3) is 0 Å². The summed E-state index contributed by atoms with van der Waals surface area (Å²) < 4.78 is 5.02. The number of aliphatic hydroxyl groups excluding tert-OH is 2. The summed E-state index contributed by atoms with van der Waals surface area (Å²) in [4.78, 5) is 11.6. The predicted octanol–water partition coefficient (Wildman–Crippen LogP) is 1.61. The molecular weight excluding hydrogens is 232 g/mol. The van der Waals surface area contributed by atoms with Gasteiger partial charge in [0, 0.05) is 5.92 Å². The second kappa shape index (κ2) is 7.13. The lowest BCUT2D eigenvalue weighted by atomic mass is 9.94. The minimum Gasteiger partial charge on any atom is -0.459 e. The van der Waals surface area contributed by atoms with Gasteiger partial charge in [0.2, 0.25) is 0 Å². The molecule has 0 amide bonds. The highest BCUT2D eigenvalue weighted by molar-refractivity contribution is 5.89. The smallest absolute Gasteiger partial charge is 0.338 e. The third kappa shape index (κ3) is 4.13. The second-order valence-corrected chi connectivity index (χ2v) is 4.34. The van der Waals surface area contributed by atoms with Gasteiger partial charge < -0.3 is 14.9 Å². The summed E-state index contributed by atoms with van der Waals surface area (Å²) in [5.41, 5.74) is 0.454. The van der Waals surface area contributed by atoms with Crippen LogP contribution < -0.4 is 0 Å². The van der Waals surface area contributed by atoms with Gasteiger partial charge in [0.05, 0.1) is 17.8 Å². The van der Waals surface area contributed by atoms with Crippen molar-refractivity contribution in [3.63, 3.8) is 0 Å². The summed E-state index contributed by atoms with van der Waals surface area (Å²) in [5, 5.41) is 19.3. The van der Waals surface area contributed by atoms with Crippen LogP contribution in [0.2, 0.25) is 0 Å². The summed E-state index contributed by atoms with van der Waals surface area (Å²) in [7, 11) is 0. The number of hydrogen-bond donors (Lipinski definition) is 2. The second-order valence-electron chi connectivity index (χ2n) is 4.34. The molecule has 0 saturated carbocycles. The molecule has 0 spiro atoms. The zero-order chi connectivity index (χ0) is 13.5. The van der Waals surface area contributed by atoms with Crippen LogP contribution in [0.4, 0.5) is 0 Å². The first-order valence-corrected chi connectivity index (χ1v) is 6.14. The molecule has 18 heavy (non-hydrogen) atoms. The third-order valence-corrected chi connectivity index (χ3v) is 2.98. The van der Waals surface area contributed by atoms with Crippen molar-refractivity contribution in [2.24, 2.45) is 5.92 Å². The van der Waals surface area contributed by atoms with Crippen molar-refractivity contribution in [3.05, 3.63) is 35.9 Å². The van der Waals surface area contributed by atoms with Crippen LogP contribution in [0.3, 0.4) is 0 Å². The SMILES string of the molecule is CCC(C(C)O)C(O)COC(=O)c1ccccc1. The molecule has 3 atom stereocenters. The molecule has 0 saturated heterocycles. The van der Waals surface area contributed by atoms with Gasteiger partial charge in [-0.25, -0.2) is 4.79 Å².